The van der Waals surface area contributed by atoms with Crippen LogP contribution in [0.1, 0.15) is 41.3 Å². The maximum Gasteiger partial charge on any atom is 0.335 e. The molecule has 0 unspecified atom stereocenters. The van der Waals surface area contributed by atoms with Crippen molar-refractivity contribution in [1.29, 1.82) is 0 Å². The molecule has 20 heavy (non-hydrogen) atoms. The third-order valence-corrected chi connectivity index (χ3v) is 3.33. The van der Waals surface area contributed by atoms with Crippen LogP contribution in [0.25, 0.3) is 0 Å². The van der Waals surface area contributed by atoms with E-state index in [1.807, 2.05) is 0 Å². The second kappa shape index (κ2) is 5.78. The monoisotopic (exact) mass is 269 g/mol. The molecule has 0 fully saturated rings. The van der Waals surface area contributed by atoms with E-state index in [2.05, 4.69) is 44.3 Å². The molecule has 104 valence electrons. The molecule has 3 nitrogen and oxygen atoms in total. The summed E-state index contributed by atoms with van der Waals surface area (Å²) in [7, 11) is 0. The van der Waals surface area contributed by atoms with Gasteiger partial charge >= 0.3 is 5.97 Å². The quantitative estimate of drug-likeness (QED) is 0.855. The second-order valence-electron chi connectivity index (χ2n) is 5.20. The standard InChI is InChI=1S/C17H19NO2/c1-11(2)15-6-4-5-12(3)16(15)18-14-9-7-13(8-10-14)17(19)20/h4-11,18H,1-3H3,(H,19,20). The summed E-state index contributed by atoms with van der Waals surface area (Å²) in [4.78, 5) is 10.8. The largest absolute Gasteiger partial charge is 0.478 e. The van der Waals surface area contributed by atoms with Crippen LogP contribution in [0.3, 0.4) is 0 Å². The first-order valence-electron chi connectivity index (χ1n) is 6.69. The van der Waals surface area contributed by atoms with Gasteiger partial charge in [-0.15, -0.1) is 0 Å². The van der Waals surface area contributed by atoms with E-state index >= 15 is 0 Å². The number of nitrogens with one attached hydrogen (secondary N) is 1. The number of aromatic carboxylic acids is 1. The summed E-state index contributed by atoms with van der Waals surface area (Å²) < 4.78 is 0. The molecule has 0 atom stereocenters. The van der Waals surface area contributed by atoms with Crippen LogP contribution in [-0.4, -0.2) is 11.1 Å². The molecule has 2 aromatic rings. The molecule has 0 saturated heterocycles. The average Bonchev–Trinajstić information content (AvgIpc) is 2.41. The van der Waals surface area contributed by atoms with Gasteiger partial charge in [0.1, 0.15) is 0 Å². The minimum absolute atomic E-state index is 0.296. The molecule has 0 heterocycles. The van der Waals surface area contributed by atoms with Crippen LogP contribution >= 0.6 is 0 Å². The number of carboxylic acid groups (broad SMARTS) is 1. The van der Waals surface area contributed by atoms with Gasteiger partial charge in [-0.3, -0.25) is 0 Å². The lowest BCUT2D eigenvalue weighted by Crippen LogP contribution is -2.01. The van der Waals surface area contributed by atoms with Crippen LogP contribution < -0.4 is 5.32 Å². The minimum Gasteiger partial charge on any atom is -0.478 e. The van der Waals surface area contributed by atoms with Crippen molar-refractivity contribution in [2.75, 3.05) is 5.32 Å². The van der Waals surface area contributed by atoms with Crippen molar-refractivity contribution in [3.63, 3.8) is 0 Å². The average molecular weight is 269 g/mol. The van der Waals surface area contributed by atoms with E-state index in [0.29, 0.717) is 11.5 Å². The summed E-state index contributed by atoms with van der Waals surface area (Å²) in [6.07, 6.45) is 0. The normalized spacial score (nSPS) is 10.6. The number of benzene rings is 2. The Hall–Kier alpha value is -2.29. The van der Waals surface area contributed by atoms with Crippen molar-refractivity contribution in [1.82, 2.24) is 0 Å². The fourth-order valence-electron chi connectivity index (χ4n) is 2.18. The van der Waals surface area contributed by atoms with Gasteiger partial charge in [-0.25, -0.2) is 4.79 Å². The Morgan fingerprint density at radius 2 is 1.75 bits per heavy atom. The lowest BCUT2D eigenvalue weighted by Gasteiger charge is -2.17. The summed E-state index contributed by atoms with van der Waals surface area (Å²) in [5.41, 5.74) is 4.73. The van der Waals surface area contributed by atoms with E-state index < -0.39 is 5.97 Å². The molecule has 2 N–H and O–H groups in total. The van der Waals surface area contributed by atoms with Gasteiger partial charge in [0.25, 0.3) is 0 Å². The van der Waals surface area contributed by atoms with Gasteiger partial charge in [0, 0.05) is 11.4 Å². The number of hydrogen-bond acceptors (Lipinski definition) is 2. The number of anilines is 2. The topological polar surface area (TPSA) is 49.3 Å². The highest BCUT2D eigenvalue weighted by Gasteiger charge is 2.09. The molecule has 0 aromatic heterocycles. The molecule has 0 spiro atoms. The lowest BCUT2D eigenvalue weighted by atomic mass is 9.98. The van der Waals surface area contributed by atoms with Crippen molar-refractivity contribution in [2.24, 2.45) is 0 Å². The molecule has 0 bridgehead atoms. The van der Waals surface area contributed by atoms with E-state index in [-0.39, 0.29) is 0 Å². The zero-order valence-electron chi connectivity index (χ0n) is 12.0. The van der Waals surface area contributed by atoms with Crippen molar-refractivity contribution >= 4 is 17.3 Å². The van der Waals surface area contributed by atoms with Crippen molar-refractivity contribution in [3.05, 3.63) is 59.2 Å². The van der Waals surface area contributed by atoms with Gasteiger partial charge < -0.3 is 10.4 Å². The molecular weight excluding hydrogens is 250 g/mol. The van der Waals surface area contributed by atoms with Gasteiger partial charge in [-0.1, -0.05) is 32.0 Å². The summed E-state index contributed by atoms with van der Waals surface area (Å²) in [6, 6.07) is 13.0. The molecule has 0 aliphatic heterocycles. The van der Waals surface area contributed by atoms with Gasteiger partial charge in [-0.05, 0) is 48.2 Å². The third kappa shape index (κ3) is 2.99. The Labute approximate surface area is 119 Å². The molecule has 0 amide bonds. The summed E-state index contributed by atoms with van der Waals surface area (Å²) in [5, 5.41) is 12.3. The Morgan fingerprint density at radius 3 is 2.30 bits per heavy atom. The van der Waals surface area contributed by atoms with Crippen LogP contribution in [-0.2, 0) is 0 Å². The third-order valence-electron chi connectivity index (χ3n) is 3.33. The highest BCUT2D eigenvalue weighted by Crippen LogP contribution is 2.30. The fourth-order valence-corrected chi connectivity index (χ4v) is 2.18. The van der Waals surface area contributed by atoms with E-state index in [0.717, 1.165) is 11.4 Å². The lowest BCUT2D eigenvalue weighted by molar-refractivity contribution is 0.0697. The number of carboxylic acids is 1. The highest BCUT2D eigenvalue weighted by molar-refractivity contribution is 5.88. The van der Waals surface area contributed by atoms with Crippen molar-refractivity contribution in [2.45, 2.75) is 26.7 Å². The Kier molecular flexibility index (Phi) is 4.08. The molecular formula is C17H19NO2. The number of hydrogen-bond donors (Lipinski definition) is 2. The van der Waals surface area contributed by atoms with Gasteiger partial charge in [0.15, 0.2) is 0 Å². The Morgan fingerprint density at radius 1 is 1.10 bits per heavy atom. The maximum absolute atomic E-state index is 10.8. The van der Waals surface area contributed by atoms with E-state index in [4.69, 9.17) is 5.11 Å². The first kappa shape index (κ1) is 14.1. The van der Waals surface area contributed by atoms with E-state index in [1.54, 1.807) is 24.3 Å². The predicted octanol–water partition coefficient (Wildman–Crippen LogP) is 4.56. The zero-order chi connectivity index (χ0) is 14.7. The molecule has 0 aliphatic rings. The fraction of sp³-hybridized carbons (Fsp3) is 0.235. The van der Waals surface area contributed by atoms with Crippen molar-refractivity contribution < 1.29 is 9.90 Å². The highest BCUT2D eigenvalue weighted by atomic mass is 16.4. The van der Waals surface area contributed by atoms with Gasteiger partial charge in [0.05, 0.1) is 5.56 Å². The van der Waals surface area contributed by atoms with Crippen LogP contribution in [0.2, 0.25) is 0 Å². The van der Waals surface area contributed by atoms with Gasteiger partial charge in [0.2, 0.25) is 0 Å². The first-order valence-corrected chi connectivity index (χ1v) is 6.69. The SMILES string of the molecule is Cc1cccc(C(C)C)c1Nc1ccc(C(=O)O)cc1. The second-order valence-corrected chi connectivity index (χ2v) is 5.20. The molecule has 0 saturated carbocycles. The summed E-state index contributed by atoms with van der Waals surface area (Å²) >= 11 is 0. The van der Waals surface area contributed by atoms with Gasteiger partial charge in [-0.2, -0.15) is 0 Å². The van der Waals surface area contributed by atoms with E-state index in [9.17, 15) is 4.79 Å². The molecule has 0 radical (unpaired) electrons. The smallest absolute Gasteiger partial charge is 0.335 e. The predicted molar refractivity (Wildman–Crippen MR) is 82.0 cm³/mol. The maximum atomic E-state index is 10.8. The van der Waals surface area contributed by atoms with Crippen LogP contribution in [0.15, 0.2) is 42.5 Å². The summed E-state index contributed by atoms with van der Waals surface area (Å²) in [6.45, 7) is 6.39. The van der Waals surface area contributed by atoms with E-state index in [1.165, 1.54) is 11.1 Å². The van der Waals surface area contributed by atoms with Crippen LogP contribution in [0.5, 0.6) is 0 Å². The first-order chi connectivity index (χ1) is 9.49. The number of aryl methyl sites for hydroxylation is 1. The zero-order valence-corrected chi connectivity index (χ0v) is 12.0. The Balaban J connectivity index is 2.32. The van der Waals surface area contributed by atoms with Crippen molar-refractivity contribution in [3.8, 4) is 0 Å². The molecule has 2 rings (SSSR count). The van der Waals surface area contributed by atoms with Crippen LogP contribution in [0.4, 0.5) is 11.4 Å². The molecule has 2 aromatic carbocycles. The molecule has 0 aliphatic carbocycles. The number of rotatable bonds is 4. The molecule has 3 heteroatoms. The Bertz CT molecular complexity index is 615. The minimum atomic E-state index is -0.907. The number of carbonyl (C=O) groups is 1. The van der Waals surface area contributed by atoms with Crippen LogP contribution in [0, 0.1) is 6.92 Å². The number of para-hydroxylation sites is 1. The summed E-state index contributed by atoms with van der Waals surface area (Å²) in [5.74, 6) is -0.481.